The Morgan fingerprint density at radius 3 is 2.11 bits per heavy atom. The van der Waals surface area contributed by atoms with Crippen molar-refractivity contribution in [2.75, 3.05) is 25.7 Å². The molecule has 0 bridgehead atoms. The molecule has 1 heterocycles. The van der Waals surface area contributed by atoms with Crippen LogP contribution < -0.4 is 9.47 Å². The van der Waals surface area contributed by atoms with Gasteiger partial charge in [0.2, 0.25) is 0 Å². The molecule has 1 fully saturated rings. The predicted molar refractivity (Wildman–Crippen MR) is 66.7 cm³/mol. The van der Waals surface area contributed by atoms with Crippen LogP contribution in [0.4, 0.5) is 0 Å². The van der Waals surface area contributed by atoms with Crippen LogP contribution in [0, 0.1) is 0 Å². The molecule has 2 rings (SSSR count). The first-order valence-electron chi connectivity index (χ1n) is 5.55. The fourth-order valence-electron chi connectivity index (χ4n) is 2.14. The average molecular weight is 272 g/mol. The van der Waals surface area contributed by atoms with Crippen LogP contribution in [-0.2, 0) is 15.4 Å². The Hall–Kier alpha value is -1.27. The van der Waals surface area contributed by atoms with Crippen molar-refractivity contribution in [2.45, 2.75) is 12.0 Å². The number of hydrogen-bond donors (Lipinski definition) is 1. The molecular formula is C12H16O5S. The van der Waals surface area contributed by atoms with Gasteiger partial charge >= 0.3 is 0 Å². The highest BCUT2D eigenvalue weighted by Gasteiger charge is 2.42. The average Bonchev–Trinajstić information content (AvgIpc) is 2.64. The Bertz CT molecular complexity index is 529. The summed E-state index contributed by atoms with van der Waals surface area (Å²) in [5.74, 6) is 0.809. The van der Waals surface area contributed by atoms with Crippen LogP contribution in [0.5, 0.6) is 11.5 Å². The van der Waals surface area contributed by atoms with Crippen molar-refractivity contribution >= 4 is 9.84 Å². The number of benzene rings is 1. The van der Waals surface area contributed by atoms with Crippen molar-refractivity contribution in [1.82, 2.24) is 0 Å². The van der Waals surface area contributed by atoms with Crippen LogP contribution in [0.3, 0.4) is 0 Å². The van der Waals surface area contributed by atoms with Gasteiger partial charge in [0.25, 0.3) is 0 Å². The third-order valence-electron chi connectivity index (χ3n) is 3.17. The van der Waals surface area contributed by atoms with E-state index in [9.17, 15) is 13.5 Å². The normalized spacial score (nSPS) is 25.9. The molecule has 100 valence electrons. The van der Waals surface area contributed by atoms with E-state index in [4.69, 9.17) is 9.47 Å². The van der Waals surface area contributed by atoms with E-state index in [0.717, 1.165) is 0 Å². The molecule has 0 aromatic heterocycles. The van der Waals surface area contributed by atoms with E-state index in [1.165, 1.54) is 14.2 Å². The molecule has 1 atom stereocenters. The SMILES string of the molecule is COc1cc(OC)cc(C2(O)CCS(=O)(=O)C2)c1. The zero-order valence-corrected chi connectivity index (χ0v) is 11.2. The Morgan fingerprint density at radius 2 is 1.72 bits per heavy atom. The summed E-state index contributed by atoms with van der Waals surface area (Å²) in [5.41, 5.74) is -0.833. The van der Waals surface area contributed by atoms with Crippen LogP contribution in [0.2, 0.25) is 0 Å². The Balaban J connectivity index is 2.44. The Kier molecular flexibility index (Phi) is 3.25. The number of rotatable bonds is 3. The van der Waals surface area contributed by atoms with Crippen LogP contribution in [0.1, 0.15) is 12.0 Å². The molecule has 5 nitrogen and oxygen atoms in total. The third kappa shape index (κ3) is 2.44. The lowest BCUT2D eigenvalue weighted by Crippen LogP contribution is -2.27. The Morgan fingerprint density at radius 1 is 1.17 bits per heavy atom. The first-order chi connectivity index (χ1) is 8.38. The topological polar surface area (TPSA) is 72.8 Å². The van der Waals surface area contributed by atoms with Gasteiger partial charge in [-0.15, -0.1) is 0 Å². The van der Waals surface area contributed by atoms with Crippen molar-refractivity contribution < 1.29 is 23.0 Å². The highest BCUT2D eigenvalue weighted by atomic mass is 32.2. The van der Waals surface area contributed by atoms with Gasteiger partial charge in [0.15, 0.2) is 9.84 Å². The van der Waals surface area contributed by atoms with E-state index in [2.05, 4.69) is 0 Å². The highest BCUT2D eigenvalue weighted by Crippen LogP contribution is 2.37. The first-order valence-corrected chi connectivity index (χ1v) is 7.37. The molecule has 18 heavy (non-hydrogen) atoms. The molecule has 1 saturated heterocycles. The van der Waals surface area contributed by atoms with Gasteiger partial charge in [-0.2, -0.15) is 0 Å². The smallest absolute Gasteiger partial charge is 0.153 e. The van der Waals surface area contributed by atoms with Gasteiger partial charge in [-0.25, -0.2) is 8.42 Å². The van der Waals surface area contributed by atoms with Crippen molar-refractivity contribution in [3.05, 3.63) is 23.8 Å². The second-order valence-corrected chi connectivity index (χ2v) is 6.66. The van der Waals surface area contributed by atoms with Gasteiger partial charge in [-0.05, 0) is 24.1 Å². The summed E-state index contributed by atoms with van der Waals surface area (Å²) in [4.78, 5) is 0. The minimum absolute atomic E-state index is 0.00300. The summed E-state index contributed by atoms with van der Waals surface area (Å²) >= 11 is 0. The molecule has 1 aliphatic rings. The standard InChI is InChI=1S/C12H16O5S/c1-16-10-5-9(6-11(7-10)17-2)12(13)3-4-18(14,15)8-12/h5-7,13H,3-4,8H2,1-2H3. The van der Waals surface area contributed by atoms with E-state index in [1.54, 1.807) is 18.2 Å². The largest absolute Gasteiger partial charge is 0.497 e. The maximum atomic E-state index is 11.5. The maximum absolute atomic E-state index is 11.5. The van der Waals surface area contributed by atoms with Crippen molar-refractivity contribution in [3.8, 4) is 11.5 Å². The van der Waals surface area contributed by atoms with E-state index in [1.807, 2.05) is 0 Å². The first kappa shape index (κ1) is 13.2. The van der Waals surface area contributed by atoms with E-state index in [-0.39, 0.29) is 17.9 Å². The molecule has 0 radical (unpaired) electrons. The van der Waals surface area contributed by atoms with Crippen molar-refractivity contribution in [3.63, 3.8) is 0 Å². The van der Waals surface area contributed by atoms with Crippen LogP contribution in [0.15, 0.2) is 18.2 Å². The summed E-state index contributed by atoms with van der Waals surface area (Å²) in [6, 6.07) is 4.96. The molecule has 0 amide bonds. The zero-order valence-electron chi connectivity index (χ0n) is 10.3. The second kappa shape index (κ2) is 4.44. The number of sulfone groups is 1. The van der Waals surface area contributed by atoms with Gasteiger partial charge in [-0.1, -0.05) is 0 Å². The minimum atomic E-state index is -3.17. The summed E-state index contributed by atoms with van der Waals surface area (Å²) in [6.45, 7) is 0. The lowest BCUT2D eigenvalue weighted by atomic mass is 9.93. The summed E-state index contributed by atoms with van der Waals surface area (Å²) < 4.78 is 33.2. The highest BCUT2D eigenvalue weighted by molar-refractivity contribution is 7.91. The molecule has 1 aromatic carbocycles. The zero-order chi connectivity index (χ0) is 13.4. The quantitative estimate of drug-likeness (QED) is 0.877. The number of aliphatic hydroxyl groups is 1. The molecule has 1 N–H and O–H groups in total. The van der Waals surface area contributed by atoms with E-state index < -0.39 is 15.4 Å². The number of ether oxygens (including phenoxy) is 2. The van der Waals surface area contributed by atoms with Crippen LogP contribution >= 0.6 is 0 Å². The molecule has 0 saturated carbocycles. The van der Waals surface area contributed by atoms with Crippen LogP contribution in [0.25, 0.3) is 0 Å². The summed E-state index contributed by atoms with van der Waals surface area (Å²) in [7, 11) is -0.157. The maximum Gasteiger partial charge on any atom is 0.153 e. The molecule has 0 aliphatic carbocycles. The molecule has 6 heteroatoms. The summed E-state index contributed by atoms with van der Waals surface area (Å²) in [5, 5.41) is 10.4. The van der Waals surface area contributed by atoms with Gasteiger partial charge in [0.1, 0.15) is 17.1 Å². The minimum Gasteiger partial charge on any atom is -0.497 e. The number of methoxy groups -OCH3 is 2. The monoisotopic (exact) mass is 272 g/mol. The molecule has 0 spiro atoms. The lowest BCUT2D eigenvalue weighted by molar-refractivity contribution is 0.0648. The summed E-state index contributed by atoms with van der Waals surface area (Å²) in [6.07, 6.45) is 0.200. The van der Waals surface area contributed by atoms with E-state index in [0.29, 0.717) is 17.1 Å². The Labute approximate surface area is 106 Å². The third-order valence-corrected chi connectivity index (χ3v) is 4.92. The van der Waals surface area contributed by atoms with Gasteiger partial charge in [0.05, 0.1) is 25.7 Å². The fraction of sp³-hybridized carbons (Fsp3) is 0.500. The second-order valence-electron chi connectivity index (χ2n) is 4.47. The molecule has 1 aromatic rings. The fourth-order valence-corrected chi connectivity index (χ4v) is 3.97. The van der Waals surface area contributed by atoms with Crippen molar-refractivity contribution in [2.24, 2.45) is 0 Å². The number of hydrogen-bond acceptors (Lipinski definition) is 5. The van der Waals surface area contributed by atoms with Gasteiger partial charge < -0.3 is 14.6 Å². The predicted octanol–water partition coefficient (Wildman–Crippen LogP) is 0.710. The van der Waals surface area contributed by atoms with Gasteiger partial charge in [-0.3, -0.25) is 0 Å². The lowest BCUT2D eigenvalue weighted by Gasteiger charge is -2.22. The molecule has 1 aliphatic heterocycles. The van der Waals surface area contributed by atoms with Crippen molar-refractivity contribution in [1.29, 1.82) is 0 Å². The van der Waals surface area contributed by atoms with E-state index >= 15 is 0 Å². The molecule has 1 unspecified atom stereocenters. The van der Waals surface area contributed by atoms with Crippen LogP contribution in [-0.4, -0.2) is 39.2 Å². The molecular weight excluding hydrogens is 256 g/mol. The van der Waals surface area contributed by atoms with Gasteiger partial charge in [0, 0.05) is 6.07 Å².